The zero-order chi connectivity index (χ0) is 16.4. The van der Waals surface area contributed by atoms with Crippen LogP contribution in [-0.4, -0.2) is 23.5 Å². The zero-order valence-corrected chi connectivity index (χ0v) is 12.4. The maximum Gasteiger partial charge on any atom is 0.251 e. The minimum Gasteiger partial charge on any atom is -0.508 e. The first-order chi connectivity index (χ1) is 10.9. The molecule has 0 saturated heterocycles. The number of benzene rings is 2. The second-order valence-electron chi connectivity index (χ2n) is 5.96. The Morgan fingerprint density at radius 3 is 2.09 bits per heavy atom. The van der Waals surface area contributed by atoms with Gasteiger partial charge in [0.15, 0.2) is 0 Å². The lowest BCUT2D eigenvalue weighted by atomic mass is 9.81. The van der Waals surface area contributed by atoms with Gasteiger partial charge in [0.1, 0.15) is 5.75 Å². The molecule has 1 aliphatic rings. The molecule has 23 heavy (non-hydrogen) atoms. The van der Waals surface area contributed by atoms with Gasteiger partial charge in [-0.25, -0.2) is 8.78 Å². The van der Waals surface area contributed by atoms with Crippen molar-refractivity contribution in [1.82, 2.24) is 5.32 Å². The van der Waals surface area contributed by atoms with Gasteiger partial charge in [-0.15, -0.1) is 0 Å². The first-order valence-corrected chi connectivity index (χ1v) is 7.48. The van der Waals surface area contributed by atoms with E-state index in [9.17, 15) is 18.7 Å². The van der Waals surface area contributed by atoms with Gasteiger partial charge in [-0.05, 0) is 41.3 Å². The number of rotatable bonds is 4. The van der Waals surface area contributed by atoms with Crippen molar-refractivity contribution in [3.8, 4) is 16.9 Å². The molecule has 0 aromatic heterocycles. The van der Waals surface area contributed by atoms with Gasteiger partial charge in [0.25, 0.3) is 5.91 Å². The molecule has 2 N–H and O–H groups in total. The third-order valence-electron chi connectivity index (χ3n) is 4.07. The van der Waals surface area contributed by atoms with Crippen molar-refractivity contribution >= 4 is 5.91 Å². The first kappa shape index (κ1) is 15.5. The molecule has 120 valence electrons. The second-order valence-corrected chi connectivity index (χ2v) is 5.96. The van der Waals surface area contributed by atoms with Crippen LogP contribution < -0.4 is 5.32 Å². The van der Waals surface area contributed by atoms with Crippen LogP contribution in [-0.2, 0) is 0 Å². The van der Waals surface area contributed by atoms with E-state index in [-0.39, 0.29) is 37.0 Å². The predicted octanol–water partition coefficient (Wildman–Crippen LogP) is 3.83. The van der Waals surface area contributed by atoms with Gasteiger partial charge in [0.05, 0.1) is 0 Å². The van der Waals surface area contributed by atoms with Crippen LogP contribution in [0.2, 0.25) is 0 Å². The standard InChI is InChI=1S/C18H17F2NO2/c19-18(20)9-12(10-18)11-21-17(23)15-3-1-13(2-4-15)14-5-7-16(22)8-6-14/h1-8,12,22H,9-11H2,(H,21,23). The summed E-state index contributed by atoms with van der Waals surface area (Å²) in [5.74, 6) is -2.74. The van der Waals surface area contributed by atoms with E-state index in [1.165, 1.54) is 0 Å². The topological polar surface area (TPSA) is 49.3 Å². The van der Waals surface area contributed by atoms with Crippen LogP contribution in [0.25, 0.3) is 11.1 Å². The normalized spacial score (nSPS) is 16.6. The molecule has 1 aliphatic carbocycles. The number of amides is 1. The van der Waals surface area contributed by atoms with Crippen LogP contribution >= 0.6 is 0 Å². The monoisotopic (exact) mass is 317 g/mol. The van der Waals surface area contributed by atoms with Crippen molar-refractivity contribution in [2.45, 2.75) is 18.8 Å². The Morgan fingerprint density at radius 1 is 1.04 bits per heavy atom. The predicted molar refractivity (Wildman–Crippen MR) is 83.5 cm³/mol. The molecule has 0 bridgehead atoms. The van der Waals surface area contributed by atoms with Crippen molar-refractivity contribution in [2.24, 2.45) is 5.92 Å². The Kier molecular flexibility index (Phi) is 4.03. The quantitative estimate of drug-likeness (QED) is 0.900. The highest BCUT2D eigenvalue weighted by molar-refractivity contribution is 5.94. The third-order valence-corrected chi connectivity index (χ3v) is 4.07. The lowest BCUT2D eigenvalue weighted by molar-refractivity contribution is -0.108. The summed E-state index contributed by atoms with van der Waals surface area (Å²) < 4.78 is 25.5. The number of phenols is 1. The Labute approximate surface area is 133 Å². The van der Waals surface area contributed by atoms with E-state index < -0.39 is 5.92 Å². The molecule has 1 fully saturated rings. The number of nitrogens with one attached hydrogen (secondary N) is 1. The number of hydrogen-bond acceptors (Lipinski definition) is 2. The molecule has 0 unspecified atom stereocenters. The molecule has 2 aromatic carbocycles. The van der Waals surface area contributed by atoms with Gasteiger partial charge in [-0.1, -0.05) is 24.3 Å². The Bertz CT molecular complexity index is 688. The molecule has 0 spiro atoms. The fourth-order valence-corrected chi connectivity index (χ4v) is 2.74. The minimum absolute atomic E-state index is 0.134. The van der Waals surface area contributed by atoms with E-state index in [2.05, 4.69) is 5.32 Å². The highest BCUT2D eigenvalue weighted by Crippen LogP contribution is 2.41. The molecule has 0 aliphatic heterocycles. The summed E-state index contributed by atoms with van der Waals surface area (Å²) in [6.07, 6.45) is -0.292. The van der Waals surface area contributed by atoms with E-state index in [1.54, 1.807) is 36.4 Å². The van der Waals surface area contributed by atoms with Crippen LogP contribution in [0.15, 0.2) is 48.5 Å². The molecule has 0 heterocycles. The molecular weight excluding hydrogens is 300 g/mol. The number of alkyl halides is 2. The summed E-state index contributed by atoms with van der Waals surface area (Å²) in [4.78, 5) is 12.0. The van der Waals surface area contributed by atoms with Crippen LogP contribution in [0.4, 0.5) is 8.78 Å². The number of halogens is 2. The summed E-state index contributed by atoms with van der Waals surface area (Å²) in [5.41, 5.74) is 2.37. The fourth-order valence-electron chi connectivity index (χ4n) is 2.74. The Balaban J connectivity index is 1.58. The lowest BCUT2D eigenvalue weighted by Gasteiger charge is -2.34. The molecule has 2 aromatic rings. The SMILES string of the molecule is O=C(NCC1CC(F)(F)C1)c1ccc(-c2ccc(O)cc2)cc1. The zero-order valence-electron chi connectivity index (χ0n) is 12.4. The molecule has 1 saturated carbocycles. The highest BCUT2D eigenvalue weighted by atomic mass is 19.3. The van der Waals surface area contributed by atoms with E-state index in [0.717, 1.165) is 11.1 Å². The first-order valence-electron chi connectivity index (χ1n) is 7.48. The number of carbonyl (C=O) groups is 1. The van der Waals surface area contributed by atoms with E-state index in [1.807, 2.05) is 12.1 Å². The van der Waals surface area contributed by atoms with Gasteiger partial charge in [-0.3, -0.25) is 4.79 Å². The summed E-state index contributed by atoms with van der Waals surface area (Å²) in [6, 6.07) is 13.8. The number of phenolic OH excluding ortho intramolecular Hbond substituents is 1. The molecule has 0 atom stereocenters. The van der Waals surface area contributed by atoms with Crippen molar-refractivity contribution in [1.29, 1.82) is 0 Å². The lowest BCUT2D eigenvalue weighted by Crippen LogP contribution is -2.42. The fraction of sp³-hybridized carbons (Fsp3) is 0.278. The van der Waals surface area contributed by atoms with Crippen LogP contribution in [0.5, 0.6) is 5.75 Å². The summed E-state index contributed by atoms with van der Waals surface area (Å²) in [6.45, 7) is 0.286. The van der Waals surface area contributed by atoms with Crippen LogP contribution in [0, 0.1) is 5.92 Å². The van der Waals surface area contributed by atoms with Crippen molar-refractivity contribution in [2.75, 3.05) is 6.54 Å². The van der Waals surface area contributed by atoms with Crippen LogP contribution in [0.3, 0.4) is 0 Å². The number of carbonyl (C=O) groups excluding carboxylic acids is 1. The molecule has 0 radical (unpaired) electrons. The third kappa shape index (κ3) is 3.67. The molecule has 3 rings (SSSR count). The smallest absolute Gasteiger partial charge is 0.251 e. The highest BCUT2D eigenvalue weighted by Gasteiger charge is 2.44. The van der Waals surface area contributed by atoms with E-state index in [0.29, 0.717) is 5.56 Å². The van der Waals surface area contributed by atoms with Crippen LogP contribution in [0.1, 0.15) is 23.2 Å². The average Bonchev–Trinajstić information content (AvgIpc) is 2.51. The second kappa shape index (κ2) is 5.99. The number of hydrogen-bond donors (Lipinski definition) is 2. The largest absolute Gasteiger partial charge is 0.508 e. The minimum atomic E-state index is -2.55. The van der Waals surface area contributed by atoms with Gasteiger partial charge in [0.2, 0.25) is 5.92 Å². The van der Waals surface area contributed by atoms with E-state index in [4.69, 9.17) is 0 Å². The Morgan fingerprint density at radius 2 is 1.57 bits per heavy atom. The van der Waals surface area contributed by atoms with Crippen molar-refractivity contribution in [3.05, 3.63) is 54.1 Å². The molecule has 1 amide bonds. The van der Waals surface area contributed by atoms with Gasteiger partial charge in [-0.2, -0.15) is 0 Å². The summed E-state index contributed by atoms with van der Waals surface area (Å²) in [5, 5.41) is 12.0. The van der Waals surface area contributed by atoms with Gasteiger partial charge >= 0.3 is 0 Å². The maximum absolute atomic E-state index is 12.7. The van der Waals surface area contributed by atoms with E-state index >= 15 is 0 Å². The molecule has 5 heteroatoms. The van der Waals surface area contributed by atoms with Gasteiger partial charge in [0, 0.05) is 24.9 Å². The summed E-state index contributed by atoms with van der Waals surface area (Å²) in [7, 11) is 0. The van der Waals surface area contributed by atoms with Crippen molar-refractivity contribution < 1.29 is 18.7 Å². The maximum atomic E-state index is 12.7. The molecular formula is C18H17F2NO2. The summed E-state index contributed by atoms with van der Waals surface area (Å²) >= 11 is 0. The van der Waals surface area contributed by atoms with Gasteiger partial charge < -0.3 is 10.4 Å². The van der Waals surface area contributed by atoms with Crippen molar-refractivity contribution in [3.63, 3.8) is 0 Å². The Hall–Kier alpha value is -2.43. The average molecular weight is 317 g/mol. The molecule has 3 nitrogen and oxygen atoms in total. The number of aromatic hydroxyl groups is 1.